The number of anilines is 1. The van der Waals surface area contributed by atoms with Gasteiger partial charge in [-0.15, -0.1) is 5.10 Å². The summed E-state index contributed by atoms with van der Waals surface area (Å²) < 4.78 is 22.7. The van der Waals surface area contributed by atoms with E-state index in [0.29, 0.717) is 42.5 Å². The quantitative estimate of drug-likeness (QED) is 0.0255. The van der Waals surface area contributed by atoms with Crippen molar-refractivity contribution in [1.29, 1.82) is 5.26 Å². The lowest BCUT2D eigenvalue weighted by molar-refractivity contribution is -0.139. The summed E-state index contributed by atoms with van der Waals surface area (Å²) in [5.41, 5.74) is 3.91. The van der Waals surface area contributed by atoms with Gasteiger partial charge in [0.2, 0.25) is 0 Å². The number of carbonyl (C=O) groups is 3. The first-order chi connectivity index (χ1) is 27.7. The highest BCUT2D eigenvalue weighted by atomic mass is 16.5. The second-order valence-corrected chi connectivity index (χ2v) is 14.3. The average molecular weight is 768 g/mol. The van der Waals surface area contributed by atoms with Gasteiger partial charge in [0.25, 0.3) is 0 Å². The topological polar surface area (TPSA) is 162 Å². The van der Waals surface area contributed by atoms with Crippen LogP contribution in [0.5, 0.6) is 11.5 Å². The van der Waals surface area contributed by atoms with E-state index >= 15 is 0 Å². The minimum absolute atomic E-state index is 0.0300. The highest BCUT2D eigenvalue weighted by Crippen LogP contribution is 2.32. The Hall–Kier alpha value is -6.61. The number of nitrogens with zero attached hydrogens (tertiary/aromatic N) is 4. The largest absolute Gasteiger partial charge is 0.494 e. The monoisotopic (exact) mass is 767 g/mol. The zero-order valence-electron chi connectivity index (χ0n) is 32.1. The lowest BCUT2D eigenvalue weighted by Crippen LogP contribution is -2.34. The van der Waals surface area contributed by atoms with Gasteiger partial charge in [-0.1, -0.05) is 49.9 Å². The van der Waals surface area contributed by atoms with E-state index in [-0.39, 0.29) is 28.8 Å². The van der Waals surface area contributed by atoms with Crippen molar-refractivity contribution < 1.29 is 33.3 Å². The fraction of sp³-hybridized carbons (Fsp3) is 0.311. The molecular weight excluding hydrogens is 723 g/mol. The number of hydrogen-bond donors (Lipinski definition) is 1. The van der Waals surface area contributed by atoms with E-state index in [0.717, 1.165) is 65.8 Å². The molecule has 1 heterocycles. The first kappa shape index (κ1) is 40.1. The van der Waals surface area contributed by atoms with Crippen molar-refractivity contribution in [2.24, 2.45) is 16.9 Å². The molecular formula is C45H45N5O7. The van der Waals surface area contributed by atoms with Crippen LogP contribution < -0.4 is 14.9 Å². The smallest absolute Gasteiger partial charge is 0.343 e. The number of esters is 3. The Bertz CT molecular complexity index is 2330. The molecule has 0 amide bonds. The number of ether oxygens (including phenoxy) is 4. The van der Waals surface area contributed by atoms with E-state index in [9.17, 15) is 19.6 Å². The molecule has 0 saturated heterocycles. The zero-order chi connectivity index (χ0) is 40.1. The number of nitriles is 1. The maximum Gasteiger partial charge on any atom is 0.343 e. The van der Waals surface area contributed by atoms with E-state index in [1.165, 1.54) is 18.2 Å². The van der Waals surface area contributed by atoms with Gasteiger partial charge in [-0.05, 0) is 111 Å². The predicted molar refractivity (Wildman–Crippen MR) is 217 cm³/mol. The first-order valence-corrected chi connectivity index (χ1v) is 19.1. The number of carbonyl (C=O) groups excluding carboxylic acids is 3. The van der Waals surface area contributed by atoms with E-state index in [2.05, 4.69) is 34.2 Å². The first-order valence-electron chi connectivity index (χ1n) is 19.1. The number of hydrazone groups is 1. The number of benzene rings is 4. The molecule has 1 aromatic heterocycles. The van der Waals surface area contributed by atoms with E-state index in [4.69, 9.17) is 18.9 Å². The molecule has 1 aliphatic carbocycles. The molecule has 0 radical (unpaired) electrons. The molecule has 0 aliphatic heterocycles. The van der Waals surface area contributed by atoms with Gasteiger partial charge in [0.1, 0.15) is 23.7 Å². The molecule has 1 aliphatic rings. The van der Waals surface area contributed by atoms with Crippen LogP contribution in [-0.2, 0) is 14.3 Å². The molecule has 12 nitrogen and oxygen atoms in total. The highest BCUT2D eigenvalue weighted by molar-refractivity contribution is 5.97. The van der Waals surface area contributed by atoms with Gasteiger partial charge in [0.15, 0.2) is 5.82 Å². The van der Waals surface area contributed by atoms with Crippen molar-refractivity contribution in [1.82, 2.24) is 10.2 Å². The summed E-state index contributed by atoms with van der Waals surface area (Å²) in [7, 11) is 0. The molecule has 292 valence electrons. The van der Waals surface area contributed by atoms with Gasteiger partial charge in [0.05, 0.1) is 36.1 Å². The van der Waals surface area contributed by atoms with Crippen LogP contribution >= 0.6 is 0 Å². The number of unbranched alkanes of at least 4 members (excludes halogenated alkanes) is 3. The van der Waals surface area contributed by atoms with Crippen molar-refractivity contribution in [3.8, 4) is 17.6 Å². The second-order valence-electron chi connectivity index (χ2n) is 14.3. The molecule has 12 heteroatoms. The third-order valence-electron chi connectivity index (χ3n) is 9.84. The maximum atomic E-state index is 13.4. The molecule has 5 aromatic rings. The summed E-state index contributed by atoms with van der Waals surface area (Å²) in [5, 5.41) is 26.1. The fourth-order valence-electron chi connectivity index (χ4n) is 6.68. The Morgan fingerprint density at radius 3 is 2.49 bits per heavy atom. The minimum Gasteiger partial charge on any atom is -0.494 e. The number of hydrogen-bond acceptors (Lipinski definition) is 12. The summed E-state index contributed by atoms with van der Waals surface area (Å²) in [6.45, 7) is 8.30. The fourth-order valence-corrected chi connectivity index (χ4v) is 6.68. The standard InChI is InChI=1S/C45H45N5O7/c1-29(2)43(51)55-21-9-5-4-8-20-54-38-17-15-31-23-33(14-13-32(31)25-38)44(52)56-40-19-16-34(24-36(40)26-46)45(53)57-41-18-12-30(3)22-37(41)28-48-50-42-39-11-7-6-10-35(39)27-47-49-42/h6-7,10-11,13-17,19,23-25,27-28,30,37,41H,1,4-5,8-9,12,18,20-22H2,2-3H3,(H,49,50)/b48-28+. The van der Waals surface area contributed by atoms with Gasteiger partial charge in [0, 0.05) is 28.5 Å². The Balaban J connectivity index is 1.01. The Morgan fingerprint density at radius 2 is 1.67 bits per heavy atom. The van der Waals surface area contributed by atoms with Crippen LogP contribution in [0.25, 0.3) is 21.5 Å². The van der Waals surface area contributed by atoms with Gasteiger partial charge in [-0.25, -0.2) is 14.4 Å². The summed E-state index contributed by atoms with van der Waals surface area (Å²) in [6.07, 6.45) is 8.91. The Labute approximate surface area is 331 Å². The number of nitrogens with one attached hydrogen (secondary N) is 1. The van der Waals surface area contributed by atoms with Crippen molar-refractivity contribution in [3.05, 3.63) is 114 Å². The van der Waals surface area contributed by atoms with E-state index < -0.39 is 18.0 Å². The summed E-state index contributed by atoms with van der Waals surface area (Å²) in [5.74, 6) is -0.00276. The van der Waals surface area contributed by atoms with Crippen LogP contribution in [0.15, 0.2) is 102 Å². The van der Waals surface area contributed by atoms with Gasteiger partial charge >= 0.3 is 17.9 Å². The lowest BCUT2D eigenvalue weighted by atomic mass is 9.81. The maximum absolute atomic E-state index is 13.4. The summed E-state index contributed by atoms with van der Waals surface area (Å²) in [6, 6.07) is 24.9. The van der Waals surface area contributed by atoms with Crippen LogP contribution in [-0.4, -0.2) is 53.6 Å². The molecule has 4 aromatic carbocycles. The molecule has 0 spiro atoms. The highest BCUT2D eigenvalue weighted by Gasteiger charge is 2.31. The van der Waals surface area contributed by atoms with Crippen molar-refractivity contribution in [2.45, 2.75) is 64.9 Å². The van der Waals surface area contributed by atoms with Crippen LogP contribution in [0.2, 0.25) is 0 Å². The third-order valence-corrected chi connectivity index (χ3v) is 9.84. The molecule has 6 rings (SSSR count). The van der Waals surface area contributed by atoms with Crippen LogP contribution in [0.1, 0.15) is 85.1 Å². The molecule has 1 fully saturated rings. The normalized spacial score (nSPS) is 16.5. The van der Waals surface area contributed by atoms with E-state index in [1.54, 1.807) is 31.5 Å². The molecule has 3 atom stereocenters. The minimum atomic E-state index is -0.639. The van der Waals surface area contributed by atoms with Crippen LogP contribution in [0.4, 0.5) is 5.82 Å². The van der Waals surface area contributed by atoms with Crippen LogP contribution in [0.3, 0.4) is 0 Å². The van der Waals surface area contributed by atoms with Gasteiger partial charge < -0.3 is 18.9 Å². The number of rotatable bonds is 16. The molecule has 0 bridgehead atoms. The summed E-state index contributed by atoms with van der Waals surface area (Å²) >= 11 is 0. The Kier molecular flexibility index (Phi) is 13.6. The van der Waals surface area contributed by atoms with Crippen molar-refractivity contribution in [2.75, 3.05) is 18.6 Å². The van der Waals surface area contributed by atoms with Crippen molar-refractivity contribution >= 4 is 51.5 Å². The average Bonchev–Trinajstić information content (AvgIpc) is 3.22. The molecule has 1 saturated carbocycles. The number of fused-ring (bicyclic) bond motifs is 2. The van der Waals surface area contributed by atoms with Crippen LogP contribution in [0, 0.1) is 23.2 Å². The second kappa shape index (κ2) is 19.3. The van der Waals surface area contributed by atoms with E-state index in [1.807, 2.05) is 54.6 Å². The predicted octanol–water partition coefficient (Wildman–Crippen LogP) is 8.99. The molecule has 57 heavy (non-hydrogen) atoms. The van der Waals surface area contributed by atoms with Gasteiger partial charge in [-0.2, -0.15) is 15.5 Å². The molecule has 3 unspecified atom stereocenters. The number of aromatic nitrogens is 2. The Morgan fingerprint density at radius 1 is 0.912 bits per heavy atom. The lowest BCUT2D eigenvalue weighted by Gasteiger charge is -2.32. The summed E-state index contributed by atoms with van der Waals surface area (Å²) in [4.78, 5) is 38.0. The van der Waals surface area contributed by atoms with Gasteiger partial charge in [-0.3, -0.25) is 5.43 Å². The molecule has 1 N–H and O–H groups in total. The zero-order valence-corrected chi connectivity index (χ0v) is 32.1. The SMILES string of the molecule is C=C(C)C(=O)OCCCCCCOc1ccc2cc(C(=O)Oc3ccc(C(=O)OC4CCC(C)CC4/C=N/Nc4nncc5ccccc45)cc3C#N)ccc2c1. The van der Waals surface area contributed by atoms with Crippen molar-refractivity contribution in [3.63, 3.8) is 0 Å². The third kappa shape index (κ3) is 10.8.